The Balaban J connectivity index is 2.57. The average molecular weight is 187 g/mol. The van der Waals surface area contributed by atoms with E-state index in [4.69, 9.17) is 5.73 Å². The van der Waals surface area contributed by atoms with Gasteiger partial charge in [-0.05, 0) is 42.2 Å². The maximum atomic E-state index is 5.68. The van der Waals surface area contributed by atoms with Crippen LogP contribution in [-0.2, 0) is 0 Å². The van der Waals surface area contributed by atoms with Crippen molar-refractivity contribution in [2.45, 2.75) is 33.1 Å². The average Bonchev–Trinajstić information content (AvgIpc) is 2.53. The van der Waals surface area contributed by atoms with Crippen molar-refractivity contribution in [1.82, 2.24) is 0 Å². The minimum Gasteiger partial charge on any atom is -0.330 e. The normalized spacial score (nSPS) is 32.2. The summed E-state index contributed by atoms with van der Waals surface area (Å²) in [7, 11) is 0. The fraction of sp³-hybridized carbons (Fsp3) is 1.00. The summed E-state index contributed by atoms with van der Waals surface area (Å²) in [5.41, 5.74) is 6.27. The highest BCUT2D eigenvalue weighted by atomic mass is 32.2. The summed E-state index contributed by atoms with van der Waals surface area (Å²) in [6, 6.07) is 0. The fourth-order valence-electron chi connectivity index (χ4n) is 2.18. The van der Waals surface area contributed by atoms with Crippen molar-refractivity contribution in [3.05, 3.63) is 0 Å². The van der Waals surface area contributed by atoms with Gasteiger partial charge in [-0.3, -0.25) is 0 Å². The molecule has 0 radical (unpaired) electrons. The number of rotatable bonds is 4. The van der Waals surface area contributed by atoms with Crippen LogP contribution in [0.15, 0.2) is 0 Å². The maximum absolute atomic E-state index is 5.68. The van der Waals surface area contributed by atoms with Crippen LogP contribution in [0.5, 0.6) is 0 Å². The van der Waals surface area contributed by atoms with Crippen LogP contribution < -0.4 is 5.73 Å². The van der Waals surface area contributed by atoms with Crippen molar-refractivity contribution in [3.63, 3.8) is 0 Å². The summed E-state index contributed by atoms with van der Waals surface area (Å²) in [5, 5.41) is 0. The molecular weight excluding hydrogens is 166 g/mol. The first-order chi connectivity index (χ1) is 5.75. The minimum atomic E-state index is 0.591. The fourth-order valence-corrected chi connectivity index (χ4v) is 3.85. The molecule has 0 aromatic heterocycles. The largest absolute Gasteiger partial charge is 0.330 e. The first-order valence-electron chi connectivity index (χ1n) is 5.03. The topological polar surface area (TPSA) is 26.0 Å². The zero-order valence-corrected chi connectivity index (χ0v) is 9.12. The molecule has 72 valence electrons. The van der Waals surface area contributed by atoms with Gasteiger partial charge in [0.25, 0.3) is 0 Å². The molecule has 1 heterocycles. The van der Waals surface area contributed by atoms with E-state index in [1.165, 1.54) is 30.8 Å². The van der Waals surface area contributed by atoms with Gasteiger partial charge in [-0.2, -0.15) is 11.8 Å². The van der Waals surface area contributed by atoms with E-state index in [-0.39, 0.29) is 0 Å². The Morgan fingerprint density at radius 2 is 2.33 bits per heavy atom. The lowest BCUT2D eigenvalue weighted by atomic mass is 9.72. The number of hydrogen-bond acceptors (Lipinski definition) is 2. The van der Waals surface area contributed by atoms with E-state index < -0.39 is 0 Å². The van der Waals surface area contributed by atoms with Gasteiger partial charge in [0.05, 0.1) is 0 Å². The van der Waals surface area contributed by atoms with Gasteiger partial charge in [0, 0.05) is 0 Å². The Bertz CT molecular complexity index is 130. The van der Waals surface area contributed by atoms with Crippen molar-refractivity contribution in [3.8, 4) is 0 Å². The highest BCUT2D eigenvalue weighted by Gasteiger charge is 2.37. The predicted molar refractivity (Wildman–Crippen MR) is 57.5 cm³/mol. The summed E-state index contributed by atoms with van der Waals surface area (Å²) in [5.74, 6) is 3.56. The summed E-state index contributed by atoms with van der Waals surface area (Å²) in [4.78, 5) is 0. The van der Waals surface area contributed by atoms with Crippen LogP contribution in [0.1, 0.15) is 33.1 Å². The lowest BCUT2D eigenvalue weighted by molar-refractivity contribution is 0.191. The first-order valence-corrected chi connectivity index (χ1v) is 6.18. The van der Waals surface area contributed by atoms with E-state index >= 15 is 0 Å². The second-order valence-corrected chi connectivity index (χ2v) is 5.12. The molecule has 0 amide bonds. The van der Waals surface area contributed by atoms with Gasteiger partial charge >= 0.3 is 0 Å². The second-order valence-electron chi connectivity index (χ2n) is 4.01. The standard InChI is InChI=1S/C10H21NS/c1-3-9(2)10(4-6-11)5-7-12-8-10/h9H,3-8,11H2,1-2H3. The number of hydrogen-bond donors (Lipinski definition) is 1. The molecule has 2 heteroatoms. The molecule has 1 saturated heterocycles. The van der Waals surface area contributed by atoms with Crippen LogP contribution in [0.4, 0.5) is 0 Å². The Morgan fingerprint density at radius 3 is 2.75 bits per heavy atom. The zero-order valence-electron chi connectivity index (χ0n) is 8.31. The minimum absolute atomic E-state index is 0.591. The van der Waals surface area contributed by atoms with Crippen LogP contribution in [-0.4, -0.2) is 18.1 Å². The molecule has 1 nitrogen and oxygen atoms in total. The Hall–Kier alpha value is 0.310. The van der Waals surface area contributed by atoms with Crippen molar-refractivity contribution in [1.29, 1.82) is 0 Å². The van der Waals surface area contributed by atoms with Crippen LogP contribution in [0.3, 0.4) is 0 Å². The highest BCUT2D eigenvalue weighted by molar-refractivity contribution is 7.99. The van der Waals surface area contributed by atoms with E-state index in [1.54, 1.807) is 0 Å². The zero-order chi connectivity index (χ0) is 9.03. The molecule has 1 fully saturated rings. The van der Waals surface area contributed by atoms with Gasteiger partial charge < -0.3 is 5.73 Å². The van der Waals surface area contributed by atoms with E-state index in [0.717, 1.165) is 12.5 Å². The van der Waals surface area contributed by atoms with E-state index in [2.05, 4.69) is 25.6 Å². The van der Waals surface area contributed by atoms with Gasteiger partial charge in [0.1, 0.15) is 0 Å². The second kappa shape index (κ2) is 4.52. The van der Waals surface area contributed by atoms with Gasteiger partial charge in [-0.1, -0.05) is 20.3 Å². The molecule has 0 spiro atoms. The number of thioether (sulfide) groups is 1. The SMILES string of the molecule is CCC(C)C1(CCN)CCSC1. The summed E-state index contributed by atoms with van der Waals surface area (Å²) in [6.45, 7) is 5.55. The van der Waals surface area contributed by atoms with Crippen molar-refractivity contribution in [2.75, 3.05) is 18.1 Å². The molecule has 0 bridgehead atoms. The Kier molecular flexibility index (Phi) is 3.91. The maximum Gasteiger partial charge on any atom is -0.000748 e. The lowest BCUT2D eigenvalue weighted by Crippen LogP contribution is -2.31. The quantitative estimate of drug-likeness (QED) is 0.732. The first kappa shape index (κ1) is 10.4. The third-order valence-electron chi connectivity index (χ3n) is 3.43. The van der Waals surface area contributed by atoms with Crippen LogP contribution in [0, 0.1) is 11.3 Å². The molecule has 1 aliphatic heterocycles. The summed E-state index contributed by atoms with van der Waals surface area (Å²) < 4.78 is 0. The molecule has 2 atom stereocenters. The van der Waals surface area contributed by atoms with Gasteiger partial charge in [0.15, 0.2) is 0 Å². The third kappa shape index (κ3) is 1.97. The molecule has 12 heavy (non-hydrogen) atoms. The van der Waals surface area contributed by atoms with Crippen molar-refractivity contribution in [2.24, 2.45) is 17.1 Å². The lowest BCUT2D eigenvalue weighted by Gasteiger charge is -2.34. The van der Waals surface area contributed by atoms with Gasteiger partial charge in [-0.25, -0.2) is 0 Å². The third-order valence-corrected chi connectivity index (χ3v) is 4.71. The van der Waals surface area contributed by atoms with E-state index in [9.17, 15) is 0 Å². The van der Waals surface area contributed by atoms with Crippen molar-refractivity contribution >= 4 is 11.8 Å². The van der Waals surface area contributed by atoms with Crippen molar-refractivity contribution < 1.29 is 0 Å². The van der Waals surface area contributed by atoms with E-state index in [0.29, 0.717) is 5.41 Å². The molecule has 0 saturated carbocycles. The molecule has 2 unspecified atom stereocenters. The predicted octanol–water partition coefficient (Wildman–Crippen LogP) is 2.50. The number of nitrogens with two attached hydrogens (primary N) is 1. The van der Waals surface area contributed by atoms with Crippen LogP contribution >= 0.6 is 11.8 Å². The van der Waals surface area contributed by atoms with E-state index in [1.807, 2.05) is 0 Å². The molecule has 1 aliphatic rings. The Morgan fingerprint density at radius 1 is 1.58 bits per heavy atom. The van der Waals surface area contributed by atoms with Gasteiger partial charge in [-0.15, -0.1) is 0 Å². The molecule has 0 aromatic carbocycles. The van der Waals surface area contributed by atoms with Crippen LogP contribution in [0.25, 0.3) is 0 Å². The molecule has 2 N–H and O–H groups in total. The molecule has 0 aromatic rings. The molecular formula is C10H21NS. The smallest absolute Gasteiger partial charge is 0.000748 e. The Labute approximate surface area is 80.5 Å². The highest BCUT2D eigenvalue weighted by Crippen LogP contribution is 2.45. The molecule has 0 aliphatic carbocycles. The van der Waals surface area contributed by atoms with Gasteiger partial charge in [0.2, 0.25) is 0 Å². The summed E-state index contributed by atoms with van der Waals surface area (Å²) >= 11 is 2.11. The summed E-state index contributed by atoms with van der Waals surface area (Å²) in [6.07, 6.45) is 3.93. The monoisotopic (exact) mass is 187 g/mol. The van der Waals surface area contributed by atoms with Crippen LogP contribution in [0.2, 0.25) is 0 Å². The molecule has 1 rings (SSSR count).